The van der Waals surface area contributed by atoms with Crippen LogP contribution in [0.2, 0.25) is 0 Å². The monoisotopic (exact) mass is 289 g/mol. The fourth-order valence-electron chi connectivity index (χ4n) is 1.53. The number of alkyl halides is 4. The number of ether oxygens (including phenoxy) is 1. The Hall–Kier alpha value is 0.190. The van der Waals surface area contributed by atoms with Crippen molar-refractivity contribution >= 4 is 15.9 Å². The van der Waals surface area contributed by atoms with Crippen LogP contribution in [0.15, 0.2) is 0 Å². The predicted octanol–water partition coefficient (Wildman–Crippen LogP) is 2.42. The molecule has 1 rings (SSSR count). The van der Waals surface area contributed by atoms with Crippen molar-refractivity contribution in [1.82, 2.24) is 4.90 Å². The van der Waals surface area contributed by atoms with Gasteiger partial charge >= 0.3 is 6.18 Å². The molecule has 0 saturated carbocycles. The molecule has 1 aliphatic heterocycles. The van der Waals surface area contributed by atoms with Crippen molar-refractivity contribution in [2.24, 2.45) is 0 Å². The summed E-state index contributed by atoms with van der Waals surface area (Å²) in [6.45, 7) is 5.28. The molecule has 6 heteroatoms. The van der Waals surface area contributed by atoms with E-state index in [1.54, 1.807) is 0 Å². The average molecular weight is 290 g/mol. The highest BCUT2D eigenvalue weighted by Crippen LogP contribution is 2.29. The van der Waals surface area contributed by atoms with E-state index in [1.165, 1.54) is 0 Å². The summed E-state index contributed by atoms with van der Waals surface area (Å²) < 4.78 is 42.3. The molecule has 0 amide bonds. The van der Waals surface area contributed by atoms with Crippen LogP contribution in [0.4, 0.5) is 13.2 Å². The molecule has 0 radical (unpaired) electrons. The molecule has 0 aliphatic carbocycles. The Labute approximate surface area is 95.9 Å². The fraction of sp³-hybridized carbons (Fsp3) is 1.00. The predicted molar refractivity (Wildman–Crippen MR) is 55.2 cm³/mol. The summed E-state index contributed by atoms with van der Waals surface area (Å²) >= 11 is 2.68. The zero-order valence-electron chi connectivity index (χ0n) is 8.77. The van der Waals surface area contributed by atoms with Crippen LogP contribution in [-0.2, 0) is 4.74 Å². The van der Waals surface area contributed by atoms with E-state index in [1.807, 2.05) is 18.7 Å². The summed E-state index contributed by atoms with van der Waals surface area (Å²) in [5.41, 5.74) is -0.324. The van der Waals surface area contributed by atoms with E-state index in [2.05, 4.69) is 15.9 Å². The summed E-state index contributed by atoms with van der Waals surface area (Å²) in [6.07, 6.45) is -4.19. The Kier molecular flexibility index (Phi) is 4.06. The quantitative estimate of drug-likeness (QED) is 0.724. The second kappa shape index (κ2) is 4.59. The Balaban J connectivity index is 2.56. The topological polar surface area (TPSA) is 12.5 Å². The lowest BCUT2D eigenvalue weighted by Gasteiger charge is -2.43. The van der Waals surface area contributed by atoms with Crippen LogP contribution < -0.4 is 0 Å². The first-order valence-electron chi connectivity index (χ1n) is 4.77. The lowest BCUT2D eigenvalue weighted by molar-refractivity contribution is -0.139. The molecule has 0 bridgehead atoms. The van der Waals surface area contributed by atoms with Crippen LogP contribution in [0, 0.1) is 0 Å². The lowest BCUT2D eigenvalue weighted by Crippen LogP contribution is -2.55. The van der Waals surface area contributed by atoms with Gasteiger partial charge in [-0.25, -0.2) is 0 Å². The van der Waals surface area contributed by atoms with Gasteiger partial charge in [-0.1, -0.05) is 15.9 Å². The summed E-state index contributed by atoms with van der Waals surface area (Å²) in [7, 11) is 0. The third-order valence-corrected chi connectivity index (χ3v) is 3.36. The summed E-state index contributed by atoms with van der Waals surface area (Å²) in [5, 5.41) is 0. The van der Waals surface area contributed by atoms with Gasteiger partial charge < -0.3 is 4.74 Å². The average Bonchev–Trinajstić information content (AvgIpc) is 2.06. The molecule has 15 heavy (non-hydrogen) atoms. The maximum atomic E-state index is 12.4. The SMILES string of the molecule is CC1(C)COCCN1CC(Br)C(F)(F)F. The van der Waals surface area contributed by atoms with Gasteiger partial charge in [-0.15, -0.1) is 0 Å². The van der Waals surface area contributed by atoms with Crippen LogP contribution >= 0.6 is 15.9 Å². The third-order valence-electron chi connectivity index (χ3n) is 2.55. The van der Waals surface area contributed by atoms with Gasteiger partial charge in [-0.2, -0.15) is 13.2 Å². The van der Waals surface area contributed by atoms with Crippen LogP contribution in [0.1, 0.15) is 13.8 Å². The van der Waals surface area contributed by atoms with Crippen molar-refractivity contribution in [3.8, 4) is 0 Å². The highest BCUT2D eigenvalue weighted by Gasteiger charge is 2.41. The molecule has 1 atom stereocenters. The zero-order chi connectivity index (χ0) is 11.7. The molecule has 1 unspecified atom stereocenters. The van der Waals surface area contributed by atoms with Crippen molar-refractivity contribution in [2.75, 3.05) is 26.3 Å². The molecule has 1 saturated heterocycles. The minimum absolute atomic E-state index is 0.0279. The van der Waals surface area contributed by atoms with E-state index in [0.29, 0.717) is 19.8 Å². The molecule has 0 aromatic heterocycles. The van der Waals surface area contributed by atoms with Gasteiger partial charge in [-0.05, 0) is 13.8 Å². The van der Waals surface area contributed by atoms with E-state index in [4.69, 9.17) is 4.74 Å². The molecule has 0 aromatic carbocycles. The lowest BCUT2D eigenvalue weighted by atomic mass is 10.0. The van der Waals surface area contributed by atoms with Crippen LogP contribution in [0.5, 0.6) is 0 Å². The number of rotatable bonds is 2. The van der Waals surface area contributed by atoms with E-state index in [9.17, 15) is 13.2 Å². The normalized spacial score (nSPS) is 25.2. The summed E-state index contributed by atoms with van der Waals surface area (Å²) in [5.74, 6) is 0. The summed E-state index contributed by atoms with van der Waals surface area (Å²) in [6, 6.07) is 0. The Morgan fingerprint density at radius 3 is 2.53 bits per heavy atom. The van der Waals surface area contributed by atoms with Gasteiger partial charge in [0.1, 0.15) is 4.83 Å². The Bertz CT molecular complexity index is 220. The number of nitrogens with zero attached hydrogens (tertiary/aromatic N) is 1. The van der Waals surface area contributed by atoms with Crippen molar-refractivity contribution in [2.45, 2.75) is 30.4 Å². The van der Waals surface area contributed by atoms with Crippen LogP contribution in [-0.4, -0.2) is 47.7 Å². The summed E-state index contributed by atoms with van der Waals surface area (Å²) in [4.78, 5) is 0.339. The molecule has 1 aliphatic rings. The van der Waals surface area contributed by atoms with E-state index >= 15 is 0 Å². The molecular formula is C9H15BrF3NO. The van der Waals surface area contributed by atoms with Gasteiger partial charge in [0.05, 0.1) is 13.2 Å². The van der Waals surface area contributed by atoms with Crippen LogP contribution in [0.25, 0.3) is 0 Å². The van der Waals surface area contributed by atoms with Crippen molar-refractivity contribution in [1.29, 1.82) is 0 Å². The van der Waals surface area contributed by atoms with Crippen molar-refractivity contribution in [3.05, 3.63) is 0 Å². The Morgan fingerprint density at radius 1 is 1.47 bits per heavy atom. The molecule has 0 aromatic rings. The van der Waals surface area contributed by atoms with Gasteiger partial charge in [-0.3, -0.25) is 4.90 Å². The highest BCUT2D eigenvalue weighted by molar-refractivity contribution is 9.09. The van der Waals surface area contributed by atoms with Gasteiger partial charge in [0.2, 0.25) is 0 Å². The molecule has 0 N–H and O–H groups in total. The maximum absolute atomic E-state index is 12.4. The molecule has 1 heterocycles. The molecule has 1 fully saturated rings. The van der Waals surface area contributed by atoms with Gasteiger partial charge in [0.15, 0.2) is 0 Å². The Morgan fingerprint density at radius 2 is 2.07 bits per heavy atom. The first-order valence-corrected chi connectivity index (χ1v) is 5.68. The minimum atomic E-state index is -4.19. The highest BCUT2D eigenvalue weighted by atomic mass is 79.9. The van der Waals surface area contributed by atoms with Crippen molar-refractivity contribution < 1.29 is 17.9 Å². The van der Waals surface area contributed by atoms with Crippen molar-refractivity contribution in [3.63, 3.8) is 0 Å². The largest absolute Gasteiger partial charge is 0.402 e. The molecular weight excluding hydrogens is 275 g/mol. The zero-order valence-corrected chi connectivity index (χ0v) is 10.4. The fourth-order valence-corrected chi connectivity index (χ4v) is 1.88. The first-order chi connectivity index (χ1) is 6.73. The standard InChI is InChI=1S/C9H15BrF3NO/c1-8(2)6-15-4-3-14(8)5-7(10)9(11,12)13/h7H,3-6H2,1-2H3. The molecule has 2 nitrogen and oxygen atoms in total. The van der Waals surface area contributed by atoms with E-state index in [0.717, 1.165) is 0 Å². The first kappa shape index (κ1) is 13.3. The number of morpholine rings is 1. The second-order valence-corrected chi connectivity index (χ2v) is 5.43. The third kappa shape index (κ3) is 3.60. The number of hydrogen-bond donors (Lipinski definition) is 0. The number of halogens is 4. The number of hydrogen-bond acceptors (Lipinski definition) is 2. The smallest absolute Gasteiger partial charge is 0.378 e. The minimum Gasteiger partial charge on any atom is -0.378 e. The van der Waals surface area contributed by atoms with Gasteiger partial charge in [0, 0.05) is 18.6 Å². The maximum Gasteiger partial charge on any atom is 0.402 e. The molecule has 90 valence electrons. The van der Waals surface area contributed by atoms with E-state index in [-0.39, 0.29) is 12.1 Å². The molecule has 0 spiro atoms. The van der Waals surface area contributed by atoms with E-state index < -0.39 is 11.0 Å². The second-order valence-electron chi connectivity index (χ2n) is 4.32. The van der Waals surface area contributed by atoms with Crippen LogP contribution in [0.3, 0.4) is 0 Å². The van der Waals surface area contributed by atoms with Gasteiger partial charge in [0.25, 0.3) is 0 Å².